The molecule has 0 unspecified atom stereocenters. The van der Waals surface area contributed by atoms with Crippen molar-refractivity contribution in [3.63, 3.8) is 0 Å². The number of benzene rings is 9. The van der Waals surface area contributed by atoms with E-state index < -0.39 is 0 Å². The van der Waals surface area contributed by atoms with Gasteiger partial charge in [-0.05, 0) is 111 Å². The van der Waals surface area contributed by atoms with Crippen LogP contribution in [0.4, 0.5) is 0 Å². The van der Waals surface area contributed by atoms with Crippen LogP contribution in [0.5, 0.6) is 0 Å². The lowest BCUT2D eigenvalue weighted by molar-refractivity contribution is 1.18. The van der Waals surface area contributed by atoms with Crippen molar-refractivity contribution in [3.05, 3.63) is 108 Å². The van der Waals surface area contributed by atoms with Crippen molar-refractivity contribution >= 4 is 86.2 Å². The van der Waals surface area contributed by atoms with Crippen LogP contribution < -0.4 is 0 Å². The summed E-state index contributed by atoms with van der Waals surface area (Å²) >= 11 is 0. The minimum absolute atomic E-state index is 1.03. The second-order valence-corrected chi connectivity index (χ2v) is 10.7. The van der Waals surface area contributed by atoms with E-state index in [4.69, 9.17) is 0 Å². The molecule has 37 heavy (non-hydrogen) atoms. The molecule has 0 aliphatic rings. The summed E-state index contributed by atoms with van der Waals surface area (Å²) < 4.78 is 0. The molecule has 0 atom stereocenters. The summed E-state index contributed by atoms with van der Waals surface area (Å²) in [6, 6.07) is 36.9. The van der Waals surface area contributed by atoms with E-state index in [1.54, 1.807) is 0 Å². The number of hydrogen-bond donors (Lipinski definition) is 0. The SMILES string of the molecule is CCc1c2ccccc2c2ccc3c4ccc5c6ccccc6c(C)c6ccc(c7ccc1c2c73)c4c65. The Labute approximate surface area is 214 Å². The first kappa shape index (κ1) is 19.7. The highest BCUT2D eigenvalue weighted by Crippen LogP contribution is 2.48. The molecule has 0 heteroatoms. The van der Waals surface area contributed by atoms with Crippen LogP contribution in [0.15, 0.2) is 97.1 Å². The van der Waals surface area contributed by atoms with Gasteiger partial charge in [-0.2, -0.15) is 0 Å². The average Bonchev–Trinajstić information content (AvgIpc) is 2.96. The van der Waals surface area contributed by atoms with Gasteiger partial charge in [0.1, 0.15) is 0 Å². The molecule has 0 spiro atoms. The summed E-state index contributed by atoms with van der Waals surface area (Å²) in [6.45, 7) is 4.58. The standard InChI is InChI=1S/C37H24/c1-3-21-24-9-6-7-11-26(24)29-16-19-33-31-18-15-28-25-10-5-4-8-22(25)20(2)23-12-13-30(36(31)34(23)28)32-17-14-27(21)35(29)37(32)33/h4-19H,3H2,1-2H3. The normalized spacial score (nSPS) is 12.7. The Kier molecular flexibility index (Phi) is 3.55. The highest BCUT2D eigenvalue weighted by atomic mass is 14.2. The summed E-state index contributed by atoms with van der Waals surface area (Å²) in [4.78, 5) is 0. The first-order valence-electron chi connectivity index (χ1n) is 13.4. The fourth-order valence-electron chi connectivity index (χ4n) is 7.60. The average molecular weight is 469 g/mol. The predicted octanol–water partition coefficient (Wildman–Crippen LogP) is 10.7. The molecule has 0 heterocycles. The molecule has 0 saturated heterocycles. The van der Waals surface area contributed by atoms with Crippen LogP contribution in [0.25, 0.3) is 86.2 Å². The van der Waals surface area contributed by atoms with Crippen molar-refractivity contribution in [3.8, 4) is 0 Å². The second kappa shape index (κ2) is 6.66. The third-order valence-corrected chi connectivity index (χ3v) is 9.15. The van der Waals surface area contributed by atoms with Gasteiger partial charge in [-0.25, -0.2) is 0 Å². The maximum atomic E-state index is 2.40. The van der Waals surface area contributed by atoms with E-state index in [1.165, 1.54) is 97.3 Å². The Morgan fingerprint density at radius 3 is 1.24 bits per heavy atom. The van der Waals surface area contributed by atoms with Crippen LogP contribution in [0.1, 0.15) is 18.1 Å². The van der Waals surface area contributed by atoms with Gasteiger partial charge in [-0.15, -0.1) is 0 Å². The molecule has 172 valence electrons. The second-order valence-electron chi connectivity index (χ2n) is 10.7. The molecule has 9 aromatic rings. The first-order chi connectivity index (χ1) is 18.3. The van der Waals surface area contributed by atoms with Gasteiger partial charge < -0.3 is 0 Å². The van der Waals surface area contributed by atoms with Gasteiger partial charge in [0.05, 0.1) is 0 Å². The lowest BCUT2D eigenvalue weighted by atomic mass is 9.82. The Morgan fingerprint density at radius 1 is 0.351 bits per heavy atom. The number of hydrogen-bond acceptors (Lipinski definition) is 0. The zero-order valence-corrected chi connectivity index (χ0v) is 20.9. The van der Waals surface area contributed by atoms with Crippen molar-refractivity contribution in [2.45, 2.75) is 20.3 Å². The molecular formula is C37H24. The summed E-state index contributed by atoms with van der Waals surface area (Å²) in [6.07, 6.45) is 1.03. The fourth-order valence-corrected chi connectivity index (χ4v) is 7.60. The quantitative estimate of drug-likeness (QED) is 0.166. The summed E-state index contributed by atoms with van der Waals surface area (Å²) in [5.41, 5.74) is 2.84. The van der Waals surface area contributed by atoms with Crippen molar-refractivity contribution in [2.75, 3.05) is 0 Å². The van der Waals surface area contributed by atoms with E-state index in [-0.39, 0.29) is 0 Å². The van der Waals surface area contributed by atoms with Crippen LogP contribution in [0.3, 0.4) is 0 Å². The van der Waals surface area contributed by atoms with E-state index >= 15 is 0 Å². The Balaban J connectivity index is 1.60. The molecule has 0 aromatic heterocycles. The van der Waals surface area contributed by atoms with Gasteiger partial charge >= 0.3 is 0 Å². The summed E-state index contributed by atoms with van der Waals surface area (Å²) in [5, 5.41) is 22.1. The van der Waals surface area contributed by atoms with Crippen molar-refractivity contribution < 1.29 is 0 Å². The maximum Gasteiger partial charge on any atom is -0.00140 e. The molecular weight excluding hydrogens is 444 g/mol. The topological polar surface area (TPSA) is 0 Å². The van der Waals surface area contributed by atoms with Crippen LogP contribution in [-0.4, -0.2) is 0 Å². The fraction of sp³-hybridized carbons (Fsp3) is 0.0811. The van der Waals surface area contributed by atoms with E-state index in [0.29, 0.717) is 0 Å². The molecule has 0 saturated carbocycles. The van der Waals surface area contributed by atoms with Gasteiger partial charge in [0.15, 0.2) is 0 Å². The van der Waals surface area contributed by atoms with Crippen LogP contribution in [0.2, 0.25) is 0 Å². The van der Waals surface area contributed by atoms with Gasteiger partial charge in [-0.1, -0.05) is 104 Å². The summed E-state index contributed by atoms with van der Waals surface area (Å²) in [7, 11) is 0. The third kappa shape index (κ3) is 2.22. The number of aryl methyl sites for hydroxylation is 2. The molecule has 0 nitrogen and oxygen atoms in total. The molecule has 0 N–H and O–H groups in total. The molecule has 0 aliphatic heterocycles. The molecule has 0 bridgehead atoms. The number of rotatable bonds is 1. The Morgan fingerprint density at radius 2 is 0.703 bits per heavy atom. The lowest BCUT2D eigenvalue weighted by Crippen LogP contribution is -1.94. The summed E-state index contributed by atoms with van der Waals surface area (Å²) in [5.74, 6) is 0. The molecule has 9 rings (SSSR count). The molecule has 0 aliphatic carbocycles. The Hall–Kier alpha value is -4.42. The third-order valence-electron chi connectivity index (χ3n) is 9.15. The van der Waals surface area contributed by atoms with Crippen molar-refractivity contribution in [1.82, 2.24) is 0 Å². The monoisotopic (exact) mass is 468 g/mol. The first-order valence-corrected chi connectivity index (χ1v) is 13.4. The van der Waals surface area contributed by atoms with Gasteiger partial charge in [0, 0.05) is 0 Å². The zero-order chi connectivity index (χ0) is 24.4. The van der Waals surface area contributed by atoms with E-state index in [9.17, 15) is 0 Å². The lowest BCUT2D eigenvalue weighted by Gasteiger charge is -2.21. The van der Waals surface area contributed by atoms with Crippen LogP contribution >= 0.6 is 0 Å². The Bertz CT molecular complexity index is 2370. The number of fused-ring (bicyclic) bond motifs is 6. The van der Waals surface area contributed by atoms with E-state index in [0.717, 1.165) is 6.42 Å². The smallest absolute Gasteiger partial charge is 0.00140 e. The zero-order valence-electron chi connectivity index (χ0n) is 20.9. The van der Waals surface area contributed by atoms with Crippen LogP contribution in [-0.2, 0) is 6.42 Å². The van der Waals surface area contributed by atoms with Crippen molar-refractivity contribution in [2.24, 2.45) is 0 Å². The maximum absolute atomic E-state index is 2.40. The highest BCUT2D eigenvalue weighted by molar-refractivity contribution is 6.42. The molecule has 0 radical (unpaired) electrons. The molecule has 0 amide bonds. The predicted molar refractivity (Wildman–Crippen MR) is 163 cm³/mol. The minimum atomic E-state index is 1.03. The molecule has 0 fully saturated rings. The molecule has 9 aromatic carbocycles. The van der Waals surface area contributed by atoms with Gasteiger partial charge in [0.2, 0.25) is 0 Å². The van der Waals surface area contributed by atoms with E-state index in [2.05, 4.69) is 111 Å². The largest absolute Gasteiger partial charge is 0.0616 e. The minimum Gasteiger partial charge on any atom is -0.0616 e. The van der Waals surface area contributed by atoms with Crippen LogP contribution in [0, 0.1) is 6.92 Å². The van der Waals surface area contributed by atoms with Gasteiger partial charge in [-0.3, -0.25) is 0 Å². The van der Waals surface area contributed by atoms with Crippen molar-refractivity contribution in [1.29, 1.82) is 0 Å². The van der Waals surface area contributed by atoms with Gasteiger partial charge in [0.25, 0.3) is 0 Å². The highest BCUT2D eigenvalue weighted by Gasteiger charge is 2.21. The van der Waals surface area contributed by atoms with E-state index in [1.807, 2.05) is 0 Å².